The Kier molecular flexibility index (Phi) is 3.35. The van der Waals surface area contributed by atoms with Crippen molar-refractivity contribution in [1.82, 2.24) is 5.32 Å². The predicted octanol–water partition coefficient (Wildman–Crippen LogP) is 2.02. The molecule has 0 saturated carbocycles. The minimum Gasteiger partial charge on any atom is -0.340 e. The SMILES string of the molecule is CCC1C(=O)NC(C)(C)C(=O)N1c1ccccc1C. The second-order valence-corrected chi connectivity index (χ2v) is 5.50. The van der Waals surface area contributed by atoms with Crippen LogP contribution in [-0.4, -0.2) is 23.4 Å². The van der Waals surface area contributed by atoms with Crippen LogP contribution in [0.3, 0.4) is 0 Å². The highest BCUT2D eigenvalue weighted by atomic mass is 16.2. The van der Waals surface area contributed by atoms with Crippen molar-refractivity contribution in [3.63, 3.8) is 0 Å². The first kappa shape index (κ1) is 13.6. The lowest BCUT2D eigenvalue weighted by molar-refractivity contribution is -0.137. The summed E-state index contributed by atoms with van der Waals surface area (Å²) in [6, 6.07) is 7.24. The van der Waals surface area contributed by atoms with Gasteiger partial charge >= 0.3 is 0 Å². The molecule has 1 aliphatic rings. The molecule has 1 aromatic rings. The van der Waals surface area contributed by atoms with Crippen LogP contribution in [-0.2, 0) is 9.59 Å². The Morgan fingerprint density at radius 3 is 2.47 bits per heavy atom. The maximum absolute atomic E-state index is 12.6. The summed E-state index contributed by atoms with van der Waals surface area (Å²) < 4.78 is 0. The summed E-state index contributed by atoms with van der Waals surface area (Å²) in [4.78, 5) is 26.4. The van der Waals surface area contributed by atoms with Crippen LogP contribution in [0.4, 0.5) is 5.69 Å². The minimum absolute atomic E-state index is 0.0618. The van der Waals surface area contributed by atoms with Gasteiger partial charge in [0, 0.05) is 5.69 Å². The van der Waals surface area contributed by atoms with Crippen LogP contribution in [0, 0.1) is 6.92 Å². The quantitative estimate of drug-likeness (QED) is 0.884. The zero-order valence-electron chi connectivity index (χ0n) is 11.9. The standard InChI is InChI=1S/C15H20N2O2/c1-5-11-13(18)16-15(3,4)14(19)17(11)12-9-7-6-8-10(12)2/h6-9,11H,5H2,1-4H3,(H,16,18). The number of benzene rings is 1. The maximum atomic E-state index is 12.6. The first-order chi connectivity index (χ1) is 8.88. The van der Waals surface area contributed by atoms with Crippen molar-refractivity contribution in [3.8, 4) is 0 Å². The monoisotopic (exact) mass is 260 g/mol. The molecule has 1 N–H and O–H groups in total. The molecule has 1 aliphatic heterocycles. The van der Waals surface area contributed by atoms with E-state index < -0.39 is 11.6 Å². The zero-order chi connectivity index (χ0) is 14.2. The lowest BCUT2D eigenvalue weighted by Crippen LogP contribution is -2.68. The number of hydrogen-bond donors (Lipinski definition) is 1. The van der Waals surface area contributed by atoms with Gasteiger partial charge in [0.1, 0.15) is 11.6 Å². The van der Waals surface area contributed by atoms with Crippen molar-refractivity contribution in [2.45, 2.75) is 45.7 Å². The predicted molar refractivity (Wildman–Crippen MR) is 75.0 cm³/mol. The second kappa shape index (κ2) is 4.68. The molecule has 0 spiro atoms. The van der Waals surface area contributed by atoms with Gasteiger partial charge in [-0.25, -0.2) is 0 Å². The molecule has 1 saturated heterocycles. The Labute approximate surface area is 113 Å². The second-order valence-electron chi connectivity index (χ2n) is 5.50. The first-order valence-electron chi connectivity index (χ1n) is 6.60. The van der Waals surface area contributed by atoms with Crippen LogP contribution in [0.25, 0.3) is 0 Å². The fourth-order valence-electron chi connectivity index (χ4n) is 2.48. The summed E-state index contributed by atoms with van der Waals surface area (Å²) in [6.45, 7) is 7.35. The maximum Gasteiger partial charge on any atom is 0.252 e. The highest BCUT2D eigenvalue weighted by Gasteiger charge is 2.45. The number of hydrogen-bond acceptors (Lipinski definition) is 2. The van der Waals surface area contributed by atoms with Crippen LogP contribution in [0.2, 0.25) is 0 Å². The van der Waals surface area contributed by atoms with E-state index in [0.717, 1.165) is 11.3 Å². The number of amides is 2. The summed E-state index contributed by atoms with van der Waals surface area (Å²) in [5.41, 5.74) is 0.965. The average Bonchev–Trinajstić information content (AvgIpc) is 2.34. The fraction of sp³-hybridized carbons (Fsp3) is 0.467. The van der Waals surface area contributed by atoms with Gasteiger partial charge in [-0.15, -0.1) is 0 Å². The average molecular weight is 260 g/mol. The molecule has 1 fully saturated rings. The smallest absolute Gasteiger partial charge is 0.252 e. The number of carbonyl (C=O) groups is 2. The Morgan fingerprint density at radius 1 is 1.26 bits per heavy atom. The molecular weight excluding hydrogens is 240 g/mol. The van der Waals surface area contributed by atoms with E-state index in [0.29, 0.717) is 6.42 Å². The third-order valence-corrected chi connectivity index (χ3v) is 3.57. The van der Waals surface area contributed by atoms with Gasteiger partial charge in [0.2, 0.25) is 5.91 Å². The number of rotatable bonds is 2. The molecule has 4 nitrogen and oxygen atoms in total. The van der Waals surface area contributed by atoms with Gasteiger partial charge < -0.3 is 5.32 Å². The fourth-order valence-corrected chi connectivity index (χ4v) is 2.48. The van der Waals surface area contributed by atoms with E-state index in [-0.39, 0.29) is 11.8 Å². The summed E-state index contributed by atoms with van der Waals surface area (Å²) in [5.74, 6) is -0.149. The number of anilines is 1. The largest absolute Gasteiger partial charge is 0.340 e. The number of para-hydroxylation sites is 1. The minimum atomic E-state index is -0.856. The lowest BCUT2D eigenvalue weighted by Gasteiger charge is -2.43. The topological polar surface area (TPSA) is 49.4 Å². The summed E-state index contributed by atoms with van der Waals surface area (Å²) >= 11 is 0. The highest BCUT2D eigenvalue weighted by Crippen LogP contribution is 2.29. The molecular formula is C15H20N2O2. The molecule has 1 unspecified atom stereocenters. The Hall–Kier alpha value is -1.84. The van der Waals surface area contributed by atoms with Crippen LogP contribution in [0.1, 0.15) is 32.8 Å². The van der Waals surface area contributed by atoms with Gasteiger partial charge in [-0.3, -0.25) is 14.5 Å². The van der Waals surface area contributed by atoms with E-state index in [9.17, 15) is 9.59 Å². The van der Waals surface area contributed by atoms with Gasteiger partial charge in [-0.05, 0) is 38.8 Å². The van der Waals surface area contributed by atoms with Crippen molar-refractivity contribution >= 4 is 17.5 Å². The molecule has 1 heterocycles. The summed E-state index contributed by atoms with van der Waals surface area (Å²) in [5, 5.41) is 2.80. The van der Waals surface area contributed by atoms with E-state index >= 15 is 0 Å². The summed E-state index contributed by atoms with van der Waals surface area (Å²) in [7, 11) is 0. The van der Waals surface area contributed by atoms with E-state index in [1.54, 1.807) is 18.7 Å². The van der Waals surface area contributed by atoms with Crippen molar-refractivity contribution in [2.24, 2.45) is 0 Å². The molecule has 4 heteroatoms. The first-order valence-corrected chi connectivity index (χ1v) is 6.60. The van der Waals surface area contributed by atoms with Crippen molar-refractivity contribution in [3.05, 3.63) is 29.8 Å². The molecule has 1 aromatic carbocycles. The van der Waals surface area contributed by atoms with Crippen LogP contribution in [0.5, 0.6) is 0 Å². The number of nitrogens with zero attached hydrogens (tertiary/aromatic N) is 1. The molecule has 0 radical (unpaired) electrons. The zero-order valence-corrected chi connectivity index (χ0v) is 11.9. The van der Waals surface area contributed by atoms with E-state index in [1.165, 1.54) is 0 Å². The van der Waals surface area contributed by atoms with Gasteiger partial charge in [0.15, 0.2) is 0 Å². The van der Waals surface area contributed by atoms with Gasteiger partial charge in [-0.2, -0.15) is 0 Å². The number of carbonyl (C=O) groups excluding carboxylic acids is 2. The summed E-state index contributed by atoms with van der Waals surface area (Å²) in [6.07, 6.45) is 0.599. The molecule has 102 valence electrons. The molecule has 2 amide bonds. The van der Waals surface area contributed by atoms with Crippen molar-refractivity contribution in [1.29, 1.82) is 0 Å². The van der Waals surface area contributed by atoms with E-state index in [4.69, 9.17) is 0 Å². The lowest BCUT2D eigenvalue weighted by atomic mass is 9.94. The normalized spacial score (nSPS) is 22.3. The number of nitrogens with one attached hydrogen (secondary N) is 1. The van der Waals surface area contributed by atoms with E-state index in [1.807, 2.05) is 38.1 Å². The van der Waals surface area contributed by atoms with Crippen LogP contribution in [0.15, 0.2) is 24.3 Å². The molecule has 0 aromatic heterocycles. The Balaban J connectivity index is 2.53. The molecule has 0 aliphatic carbocycles. The Bertz CT molecular complexity index is 523. The van der Waals surface area contributed by atoms with Crippen molar-refractivity contribution < 1.29 is 9.59 Å². The van der Waals surface area contributed by atoms with Gasteiger partial charge in [0.25, 0.3) is 5.91 Å². The van der Waals surface area contributed by atoms with Crippen molar-refractivity contribution in [2.75, 3.05) is 4.90 Å². The van der Waals surface area contributed by atoms with E-state index in [2.05, 4.69) is 5.32 Å². The Morgan fingerprint density at radius 2 is 1.89 bits per heavy atom. The number of piperazine rings is 1. The third-order valence-electron chi connectivity index (χ3n) is 3.57. The molecule has 2 rings (SSSR count). The van der Waals surface area contributed by atoms with Crippen LogP contribution < -0.4 is 10.2 Å². The number of aryl methyl sites for hydroxylation is 1. The highest BCUT2D eigenvalue weighted by molar-refractivity contribution is 6.10. The molecule has 0 bridgehead atoms. The van der Waals surface area contributed by atoms with Crippen LogP contribution >= 0.6 is 0 Å². The van der Waals surface area contributed by atoms with Gasteiger partial charge in [-0.1, -0.05) is 25.1 Å². The third kappa shape index (κ3) is 2.23. The molecule has 1 atom stereocenters. The molecule has 19 heavy (non-hydrogen) atoms. The van der Waals surface area contributed by atoms with Gasteiger partial charge in [0.05, 0.1) is 0 Å².